The largest absolute Gasteiger partial charge is 0.482 e. The summed E-state index contributed by atoms with van der Waals surface area (Å²) in [5.41, 5.74) is 1.35. The van der Waals surface area contributed by atoms with Gasteiger partial charge in [0.15, 0.2) is 6.61 Å². The Balaban J connectivity index is 1.70. The maximum absolute atomic E-state index is 11.7. The second-order valence-electron chi connectivity index (χ2n) is 6.22. The van der Waals surface area contributed by atoms with Crippen LogP contribution in [-0.4, -0.2) is 48.6 Å². The van der Waals surface area contributed by atoms with Gasteiger partial charge in [-0.3, -0.25) is 0 Å². The van der Waals surface area contributed by atoms with Crippen LogP contribution in [0, 0.1) is 0 Å². The van der Waals surface area contributed by atoms with Gasteiger partial charge in [-0.25, -0.2) is 9.59 Å². The number of methoxy groups -OCH3 is 1. The third kappa shape index (κ3) is 7.81. The quantitative estimate of drug-likeness (QED) is 0.520. The first-order valence-electron chi connectivity index (χ1n) is 9.10. The van der Waals surface area contributed by atoms with Crippen molar-refractivity contribution in [3.63, 3.8) is 0 Å². The number of aliphatic hydroxyl groups excluding tert-OH is 2. The number of carbonyl (C=O) groups excluding carboxylic acids is 2. The van der Waals surface area contributed by atoms with Gasteiger partial charge in [-0.05, 0) is 29.7 Å². The van der Waals surface area contributed by atoms with E-state index in [0.717, 1.165) is 5.56 Å². The van der Waals surface area contributed by atoms with Gasteiger partial charge in [-0.15, -0.1) is 0 Å². The predicted octanol–water partition coefficient (Wildman–Crippen LogP) is 1.95. The van der Waals surface area contributed by atoms with Crippen LogP contribution in [0.1, 0.15) is 23.7 Å². The van der Waals surface area contributed by atoms with E-state index in [4.69, 9.17) is 9.47 Å². The number of benzene rings is 2. The molecule has 2 aromatic rings. The van der Waals surface area contributed by atoms with Crippen LogP contribution in [0.25, 0.3) is 0 Å². The van der Waals surface area contributed by atoms with Crippen LogP contribution in [-0.2, 0) is 20.9 Å². The second kappa shape index (κ2) is 11.7. The zero-order valence-electron chi connectivity index (χ0n) is 16.1. The fourth-order valence-electron chi connectivity index (χ4n) is 2.44. The molecule has 0 fully saturated rings. The van der Waals surface area contributed by atoms with Crippen LogP contribution in [0.2, 0.25) is 0 Å². The molecule has 0 aromatic heterocycles. The van der Waals surface area contributed by atoms with Crippen molar-refractivity contribution in [1.82, 2.24) is 5.32 Å². The van der Waals surface area contributed by atoms with Crippen molar-refractivity contribution < 1.29 is 34.0 Å². The lowest BCUT2D eigenvalue weighted by molar-refractivity contribution is -0.142. The van der Waals surface area contributed by atoms with E-state index in [1.165, 1.54) is 7.11 Å². The minimum Gasteiger partial charge on any atom is -0.482 e. The van der Waals surface area contributed by atoms with Crippen molar-refractivity contribution in [3.8, 4) is 5.75 Å². The van der Waals surface area contributed by atoms with Gasteiger partial charge in [-0.2, -0.15) is 0 Å². The summed E-state index contributed by atoms with van der Waals surface area (Å²) in [4.78, 5) is 22.7. The van der Waals surface area contributed by atoms with Gasteiger partial charge in [0.2, 0.25) is 0 Å². The average Bonchev–Trinajstić information content (AvgIpc) is 2.76. The number of hydrogen-bond donors (Lipinski definition) is 3. The van der Waals surface area contributed by atoms with E-state index < -0.39 is 24.3 Å². The summed E-state index contributed by atoms with van der Waals surface area (Å²) in [6.07, 6.45) is -2.66. The van der Waals surface area contributed by atoms with E-state index in [-0.39, 0.29) is 26.2 Å². The molecular weight excluding hydrogens is 378 g/mol. The summed E-state index contributed by atoms with van der Waals surface area (Å²) < 4.78 is 14.8. The molecule has 1 amide bonds. The first-order valence-corrected chi connectivity index (χ1v) is 9.10. The summed E-state index contributed by atoms with van der Waals surface area (Å²) in [5.74, 6) is -0.0667. The Kier molecular flexibility index (Phi) is 8.94. The molecule has 0 saturated heterocycles. The third-order valence-electron chi connectivity index (χ3n) is 4.09. The molecule has 3 N–H and O–H groups in total. The van der Waals surface area contributed by atoms with E-state index >= 15 is 0 Å². The number of rotatable bonds is 10. The van der Waals surface area contributed by atoms with Crippen LogP contribution in [0.5, 0.6) is 5.75 Å². The zero-order valence-corrected chi connectivity index (χ0v) is 16.1. The summed E-state index contributed by atoms with van der Waals surface area (Å²) in [5, 5.41) is 22.9. The maximum atomic E-state index is 11.7. The summed E-state index contributed by atoms with van der Waals surface area (Å²) >= 11 is 0. The standard InChI is InChI=1S/C21H25NO7/c1-27-19(24)14-28-17-9-7-16(8-10-17)20(25)18(23)11-12-22-21(26)29-13-15-5-3-2-4-6-15/h2-10,18,20,23,25H,11-14H2,1H3,(H,22,26). The van der Waals surface area contributed by atoms with Gasteiger partial charge < -0.3 is 29.7 Å². The van der Waals surface area contributed by atoms with E-state index in [1.54, 1.807) is 24.3 Å². The van der Waals surface area contributed by atoms with Crippen LogP contribution in [0.4, 0.5) is 4.79 Å². The van der Waals surface area contributed by atoms with Crippen molar-refractivity contribution in [1.29, 1.82) is 0 Å². The van der Waals surface area contributed by atoms with Gasteiger partial charge in [-0.1, -0.05) is 42.5 Å². The molecule has 8 heteroatoms. The highest BCUT2D eigenvalue weighted by Crippen LogP contribution is 2.21. The first-order chi connectivity index (χ1) is 14.0. The lowest BCUT2D eigenvalue weighted by Gasteiger charge is -2.18. The van der Waals surface area contributed by atoms with E-state index in [0.29, 0.717) is 11.3 Å². The number of carbonyl (C=O) groups is 2. The van der Waals surface area contributed by atoms with Crippen molar-refractivity contribution in [2.24, 2.45) is 0 Å². The molecule has 2 aromatic carbocycles. The normalized spacial score (nSPS) is 12.5. The zero-order chi connectivity index (χ0) is 21.1. The van der Waals surface area contributed by atoms with Crippen molar-refractivity contribution in [2.75, 3.05) is 20.3 Å². The maximum Gasteiger partial charge on any atom is 0.407 e. The monoisotopic (exact) mass is 403 g/mol. The Labute approximate surface area is 169 Å². The third-order valence-corrected chi connectivity index (χ3v) is 4.09. The van der Waals surface area contributed by atoms with Crippen LogP contribution in [0.3, 0.4) is 0 Å². The molecule has 2 rings (SSSR count). The Morgan fingerprint density at radius 2 is 1.72 bits per heavy atom. The molecule has 2 unspecified atom stereocenters. The van der Waals surface area contributed by atoms with E-state index in [1.807, 2.05) is 30.3 Å². The first kappa shape index (κ1) is 22.2. The van der Waals surface area contributed by atoms with Crippen LogP contribution in [0.15, 0.2) is 54.6 Å². The molecule has 0 saturated carbocycles. The molecule has 0 spiro atoms. The molecule has 0 aliphatic carbocycles. The molecule has 0 heterocycles. The SMILES string of the molecule is COC(=O)COc1ccc(C(O)C(O)CCNC(=O)OCc2ccccc2)cc1. The number of amides is 1. The molecule has 0 aliphatic heterocycles. The predicted molar refractivity (Wildman–Crippen MR) is 104 cm³/mol. The van der Waals surface area contributed by atoms with Crippen LogP contribution < -0.4 is 10.1 Å². The lowest BCUT2D eigenvalue weighted by atomic mass is 10.0. The number of ether oxygens (including phenoxy) is 3. The number of nitrogens with one attached hydrogen (secondary N) is 1. The molecule has 29 heavy (non-hydrogen) atoms. The molecular formula is C21H25NO7. The highest BCUT2D eigenvalue weighted by Gasteiger charge is 2.18. The molecule has 0 aliphatic rings. The van der Waals surface area contributed by atoms with Crippen molar-refractivity contribution in [2.45, 2.75) is 25.2 Å². The molecule has 2 atom stereocenters. The summed E-state index contributed by atoms with van der Waals surface area (Å²) in [6.45, 7) is 0.0848. The Morgan fingerprint density at radius 1 is 1.03 bits per heavy atom. The number of aliphatic hydroxyl groups is 2. The number of alkyl carbamates (subject to hydrolysis) is 1. The van der Waals surface area contributed by atoms with Gasteiger partial charge in [0.25, 0.3) is 0 Å². The minimum atomic E-state index is -1.13. The Morgan fingerprint density at radius 3 is 2.38 bits per heavy atom. The fourth-order valence-corrected chi connectivity index (χ4v) is 2.44. The molecule has 0 bridgehead atoms. The topological polar surface area (TPSA) is 114 Å². The number of hydrogen-bond acceptors (Lipinski definition) is 7. The van der Waals surface area contributed by atoms with Crippen LogP contribution >= 0.6 is 0 Å². The van der Waals surface area contributed by atoms with Crippen molar-refractivity contribution in [3.05, 3.63) is 65.7 Å². The smallest absolute Gasteiger partial charge is 0.407 e. The Bertz CT molecular complexity index is 764. The Hall–Kier alpha value is -3.10. The fraction of sp³-hybridized carbons (Fsp3) is 0.333. The van der Waals surface area contributed by atoms with Gasteiger partial charge in [0.1, 0.15) is 18.5 Å². The lowest BCUT2D eigenvalue weighted by Crippen LogP contribution is -2.29. The van der Waals surface area contributed by atoms with Gasteiger partial charge >= 0.3 is 12.1 Å². The molecule has 0 radical (unpaired) electrons. The van der Waals surface area contributed by atoms with Gasteiger partial charge in [0.05, 0.1) is 13.2 Å². The average molecular weight is 403 g/mol. The van der Waals surface area contributed by atoms with Crippen molar-refractivity contribution >= 4 is 12.1 Å². The molecule has 156 valence electrons. The summed E-state index contributed by atoms with van der Waals surface area (Å²) in [6, 6.07) is 15.6. The van der Waals surface area contributed by atoms with E-state index in [9.17, 15) is 19.8 Å². The highest BCUT2D eigenvalue weighted by molar-refractivity contribution is 5.70. The van der Waals surface area contributed by atoms with Gasteiger partial charge in [0, 0.05) is 6.54 Å². The second-order valence-corrected chi connectivity index (χ2v) is 6.22. The minimum absolute atomic E-state index is 0.141. The molecule has 8 nitrogen and oxygen atoms in total. The van der Waals surface area contributed by atoms with E-state index in [2.05, 4.69) is 10.1 Å². The highest BCUT2D eigenvalue weighted by atomic mass is 16.6. The number of esters is 1. The summed E-state index contributed by atoms with van der Waals surface area (Å²) in [7, 11) is 1.27.